The molecule has 1 heterocycles. The van der Waals surface area contributed by atoms with Crippen LogP contribution in [0, 0.1) is 0 Å². The standard InChI is InChI=1S/C17H17NO5/c19-10-17(7-8-17)12-3-1-11(2-4-12)13-5-6-14(23-13)16(22)18-9-15(20)21/h1-6,19H,7-10H2,(H,18,22)(H,20,21). The number of nitrogens with one attached hydrogen (secondary N) is 1. The largest absolute Gasteiger partial charge is 0.480 e. The van der Waals surface area contributed by atoms with E-state index in [0.29, 0.717) is 5.76 Å². The van der Waals surface area contributed by atoms with E-state index in [4.69, 9.17) is 9.52 Å². The van der Waals surface area contributed by atoms with Crippen molar-refractivity contribution in [2.45, 2.75) is 18.3 Å². The molecule has 1 aliphatic carbocycles. The van der Waals surface area contributed by atoms with E-state index in [1.54, 1.807) is 6.07 Å². The number of carboxylic acids is 1. The molecule has 120 valence electrons. The van der Waals surface area contributed by atoms with E-state index in [1.807, 2.05) is 24.3 Å². The summed E-state index contributed by atoms with van der Waals surface area (Å²) in [6.45, 7) is -0.298. The molecule has 0 spiro atoms. The first-order chi connectivity index (χ1) is 11.0. The molecule has 1 saturated carbocycles. The Bertz CT molecular complexity index is 728. The minimum Gasteiger partial charge on any atom is -0.480 e. The molecular formula is C17H17NO5. The van der Waals surface area contributed by atoms with Gasteiger partial charge in [0.1, 0.15) is 12.3 Å². The monoisotopic (exact) mass is 315 g/mol. The first kappa shape index (κ1) is 15.3. The zero-order chi connectivity index (χ0) is 16.4. The molecule has 2 aromatic rings. The third kappa shape index (κ3) is 3.12. The van der Waals surface area contributed by atoms with Gasteiger partial charge in [-0.05, 0) is 30.5 Å². The molecule has 6 heteroatoms. The molecule has 3 rings (SSSR count). The average molecular weight is 315 g/mol. The highest BCUT2D eigenvalue weighted by molar-refractivity contribution is 5.93. The Morgan fingerprint density at radius 3 is 2.39 bits per heavy atom. The van der Waals surface area contributed by atoms with Gasteiger partial charge in [-0.1, -0.05) is 24.3 Å². The van der Waals surface area contributed by atoms with Gasteiger partial charge in [-0.3, -0.25) is 9.59 Å². The predicted molar refractivity (Wildman–Crippen MR) is 82.1 cm³/mol. The summed E-state index contributed by atoms with van der Waals surface area (Å²) < 4.78 is 5.48. The molecule has 0 bridgehead atoms. The van der Waals surface area contributed by atoms with Crippen LogP contribution in [0.1, 0.15) is 29.0 Å². The molecule has 0 saturated heterocycles. The van der Waals surface area contributed by atoms with Crippen molar-refractivity contribution in [2.24, 2.45) is 0 Å². The Balaban J connectivity index is 1.73. The van der Waals surface area contributed by atoms with Gasteiger partial charge in [0.25, 0.3) is 5.91 Å². The SMILES string of the molecule is O=C(O)CNC(=O)c1ccc(-c2ccc(C3(CO)CC3)cc2)o1. The van der Waals surface area contributed by atoms with Crippen molar-refractivity contribution in [3.05, 3.63) is 47.7 Å². The summed E-state index contributed by atoms with van der Waals surface area (Å²) in [5, 5.41) is 20.2. The van der Waals surface area contributed by atoms with Crippen molar-refractivity contribution in [3.63, 3.8) is 0 Å². The van der Waals surface area contributed by atoms with E-state index in [9.17, 15) is 14.7 Å². The number of hydrogen-bond acceptors (Lipinski definition) is 4. The number of carbonyl (C=O) groups is 2. The van der Waals surface area contributed by atoms with Gasteiger partial charge in [0, 0.05) is 11.0 Å². The van der Waals surface area contributed by atoms with E-state index in [-0.39, 0.29) is 17.8 Å². The molecule has 0 radical (unpaired) electrons. The zero-order valence-electron chi connectivity index (χ0n) is 12.4. The second-order valence-electron chi connectivity index (χ2n) is 5.76. The maximum Gasteiger partial charge on any atom is 0.322 e. The highest BCUT2D eigenvalue weighted by Crippen LogP contribution is 2.47. The summed E-state index contributed by atoms with van der Waals surface area (Å²) in [4.78, 5) is 22.2. The second kappa shape index (κ2) is 5.89. The average Bonchev–Trinajstić information content (AvgIpc) is 3.21. The van der Waals surface area contributed by atoms with Crippen LogP contribution in [0.3, 0.4) is 0 Å². The molecule has 0 aliphatic heterocycles. The number of amides is 1. The zero-order valence-corrected chi connectivity index (χ0v) is 12.4. The summed E-state index contributed by atoms with van der Waals surface area (Å²) >= 11 is 0. The first-order valence-electron chi connectivity index (χ1n) is 7.36. The summed E-state index contributed by atoms with van der Waals surface area (Å²) in [5.41, 5.74) is 1.85. The number of aliphatic hydroxyl groups is 1. The number of benzene rings is 1. The second-order valence-corrected chi connectivity index (χ2v) is 5.76. The van der Waals surface area contributed by atoms with Crippen molar-refractivity contribution in [2.75, 3.05) is 13.2 Å². The third-order valence-electron chi connectivity index (χ3n) is 4.17. The van der Waals surface area contributed by atoms with E-state index >= 15 is 0 Å². The minimum atomic E-state index is -1.11. The van der Waals surface area contributed by atoms with Crippen molar-refractivity contribution >= 4 is 11.9 Å². The van der Waals surface area contributed by atoms with Gasteiger partial charge in [0.05, 0.1) is 6.61 Å². The van der Waals surface area contributed by atoms with Crippen molar-refractivity contribution in [3.8, 4) is 11.3 Å². The molecule has 1 aromatic carbocycles. The van der Waals surface area contributed by atoms with Gasteiger partial charge in [-0.15, -0.1) is 0 Å². The van der Waals surface area contributed by atoms with Crippen molar-refractivity contribution < 1.29 is 24.2 Å². The van der Waals surface area contributed by atoms with Crippen LogP contribution in [0.5, 0.6) is 0 Å². The lowest BCUT2D eigenvalue weighted by molar-refractivity contribution is -0.135. The molecule has 3 N–H and O–H groups in total. The fourth-order valence-electron chi connectivity index (χ4n) is 2.54. The summed E-state index contributed by atoms with van der Waals surface area (Å²) in [6, 6.07) is 10.9. The van der Waals surface area contributed by atoms with Gasteiger partial charge in [0.2, 0.25) is 0 Å². The molecule has 1 fully saturated rings. The predicted octanol–water partition coefficient (Wildman–Crippen LogP) is 1.78. The fraction of sp³-hybridized carbons (Fsp3) is 0.294. The van der Waals surface area contributed by atoms with Crippen LogP contribution in [0.2, 0.25) is 0 Å². The van der Waals surface area contributed by atoms with Crippen LogP contribution in [0.4, 0.5) is 0 Å². The number of hydrogen-bond donors (Lipinski definition) is 3. The van der Waals surface area contributed by atoms with Crippen LogP contribution in [0.15, 0.2) is 40.8 Å². The van der Waals surface area contributed by atoms with E-state index in [1.165, 1.54) is 6.07 Å². The molecule has 23 heavy (non-hydrogen) atoms. The van der Waals surface area contributed by atoms with Crippen LogP contribution < -0.4 is 5.32 Å². The van der Waals surface area contributed by atoms with Crippen LogP contribution in [0.25, 0.3) is 11.3 Å². The molecule has 6 nitrogen and oxygen atoms in total. The number of carbonyl (C=O) groups excluding carboxylic acids is 1. The Kier molecular flexibility index (Phi) is 3.92. The quantitative estimate of drug-likeness (QED) is 0.754. The van der Waals surface area contributed by atoms with Crippen LogP contribution in [-0.4, -0.2) is 35.2 Å². The van der Waals surface area contributed by atoms with Crippen molar-refractivity contribution in [1.82, 2.24) is 5.32 Å². The Labute approximate surface area is 132 Å². The van der Waals surface area contributed by atoms with E-state index in [2.05, 4.69) is 5.32 Å². The summed E-state index contributed by atoms with van der Waals surface area (Å²) in [7, 11) is 0. The lowest BCUT2D eigenvalue weighted by atomic mass is 9.96. The van der Waals surface area contributed by atoms with E-state index < -0.39 is 18.4 Å². The lowest BCUT2D eigenvalue weighted by Crippen LogP contribution is -2.28. The molecule has 0 unspecified atom stereocenters. The molecule has 1 amide bonds. The Morgan fingerprint density at radius 2 is 1.83 bits per heavy atom. The summed E-state index contributed by atoms with van der Waals surface area (Å²) in [6.07, 6.45) is 2.00. The van der Waals surface area contributed by atoms with Gasteiger partial charge >= 0.3 is 5.97 Å². The van der Waals surface area contributed by atoms with Crippen LogP contribution >= 0.6 is 0 Å². The molecule has 1 aromatic heterocycles. The van der Waals surface area contributed by atoms with Gasteiger partial charge < -0.3 is 19.9 Å². The number of aliphatic carboxylic acids is 1. The maximum atomic E-state index is 11.7. The lowest BCUT2D eigenvalue weighted by Gasteiger charge is -2.12. The van der Waals surface area contributed by atoms with Crippen LogP contribution in [-0.2, 0) is 10.2 Å². The molecule has 0 atom stereocenters. The number of furan rings is 1. The Hall–Kier alpha value is -2.60. The highest BCUT2D eigenvalue weighted by atomic mass is 16.4. The summed E-state index contributed by atoms with van der Waals surface area (Å²) in [5.74, 6) is -1.07. The van der Waals surface area contributed by atoms with E-state index in [0.717, 1.165) is 24.0 Å². The van der Waals surface area contributed by atoms with Gasteiger partial charge in [0.15, 0.2) is 5.76 Å². The minimum absolute atomic E-state index is 0.0688. The topological polar surface area (TPSA) is 99.8 Å². The highest BCUT2D eigenvalue weighted by Gasteiger charge is 2.43. The van der Waals surface area contributed by atoms with Crippen molar-refractivity contribution in [1.29, 1.82) is 0 Å². The van der Waals surface area contributed by atoms with Gasteiger partial charge in [-0.2, -0.15) is 0 Å². The number of carboxylic acid groups (broad SMARTS) is 1. The smallest absolute Gasteiger partial charge is 0.322 e. The molecule has 1 aliphatic rings. The molecular weight excluding hydrogens is 298 g/mol. The number of rotatable bonds is 6. The maximum absolute atomic E-state index is 11.7. The normalized spacial score (nSPS) is 15.2. The fourth-order valence-corrected chi connectivity index (χ4v) is 2.54. The van der Waals surface area contributed by atoms with Gasteiger partial charge in [-0.25, -0.2) is 0 Å². The Morgan fingerprint density at radius 1 is 1.13 bits per heavy atom. The first-order valence-corrected chi connectivity index (χ1v) is 7.36. The third-order valence-corrected chi connectivity index (χ3v) is 4.17. The number of aliphatic hydroxyl groups excluding tert-OH is 1.